The Morgan fingerprint density at radius 1 is 1.32 bits per heavy atom. The maximum atomic E-state index is 12.1. The van der Waals surface area contributed by atoms with Crippen molar-refractivity contribution < 1.29 is 4.79 Å². The van der Waals surface area contributed by atoms with Crippen molar-refractivity contribution in [3.63, 3.8) is 0 Å². The van der Waals surface area contributed by atoms with Gasteiger partial charge >= 0.3 is 0 Å². The third kappa shape index (κ3) is 4.34. The summed E-state index contributed by atoms with van der Waals surface area (Å²) in [7, 11) is 5.97. The predicted octanol–water partition coefficient (Wildman–Crippen LogP) is 2.70. The summed E-state index contributed by atoms with van der Waals surface area (Å²) in [5.41, 5.74) is 2.13. The molecule has 1 amide bonds. The first-order valence-electron chi connectivity index (χ1n) is 8.64. The Morgan fingerprint density at radius 3 is 2.80 bits per heavy atom. The fourth-order valence-corrected chi connectivity index (χ4v) is 3.81. The van der Waals surface area contributed by atoms with Gasteiger partial charge in [0.1, 0.15) is 0 Å². The molecule has 7 heteroatoms. The Hall–Kier alpha value is -2.02. The van der Waals surface area contributed by atoms with Gasteiger partial charge < -0.3 is 14.8 Å². The van der Waals surface area contributed by atoms with Crippen molar-refractivity contribution in [2.24, 2.45) is 7.05 Å². The van der Waals surface area contributed by atoms with E-state index in [-0.39, 0.29) is 5.91 Å². The van der Waals surface area contributed by atoms with Gasteiger partial charge in [-0.1, -0.05) is 36.7 Å². The number of carbonyl (C=O) groups excluding carboxylic acids is 1. The van der Waals surface area contributed by atoms with Crippen molar-refractivity contribution in [1.29, 1.82) is 0 Å². The summed E-state index contributed by atoms with van der Waals surface area (Å²) in [5.74, 6) is 1.26. The molecule has 2 aromatic rings. The monoisotopic (exact) mass is 359 g/mol. The summed E-state index contributed by atoms with van der Waals surface area (Å²) in [5, 5.41) is 12.4. The van der Waals surface area contributed by atoms with E-state index in [2.05, 4.69) is 32.5 Å². The lowest BCUT2D eigenvalue weighted by Crippen LogP contribution is -2.33. The van der Waals surface area contributed by atoms with Crippen LogP contribution in [-0.2, 0) is 11.8 Å². The van der Waals surface area contributed by atoms with Crippen LogP contribution < -0.4 is 10.2 Å². The molecule has 0 radical (unpaired) electrons. The average Bonchev–Trinajstić information content (AvgIpc) is 3.23. The highest BCUT2D eigenvalue weighted by atomic mass is 32.2. The largest absolute Gasteiger partial charge is 0.378 e. The van der Waals surface area contributed by atoms with Crippen LogP contribution in [0.4, 0.5) is 5.69 Å². The summed E-state index contributed by atoms with van der Waals surface area (Å²) in [6.45, 7) is 0. The molecule has 0 spiro atoms. The summed E-state index contributed by atoms with van der Waals surface area (Å²) in [4.78, 5) is 14.1. The fourth-order valence-electron chi connectivity index (χ4n) is 3.08. The van der Waals surface area contributed by atoms with Crippen LogP contribution in [0.3, 0.4) is 0 Å². The summed E-state index contributed by atoms with van der Waals surface area (Å²) in [6.07, 6.45) is 4.65. The van der Waals surface area contributed by atoms with Gasteiger partial charge in [-0.25, -0.2) is 0 Å². The van der Waals surface area contributed by atoms with E-state index >= 15 is 0 Å². The van der Waals surface area contributed by atoms with Crippen LogP contribution in [0.25, 0.3) is 11.4 Å². The number of hydrogen-bond acceptors (Lipinski definition) is 5. The number of benzene rings is 1. The smallest absolute Gasteiger partial charge is 0.230 e. The molecule has 134 valence electrons. The Labute approximate surface area is 153 Å². The molecule has 25 heavy (non-hydrogen) atoms. The zero-order valence-electron chi connectivity index (χ0n) is 15.0. The number of anilines is 1. The van der Waals surface area contributed by atoms with Gasteiger partial charge in [0.25, 0.3) is 0 Å². The number of aromatic nitrogens is 3. The van der Waals surface area contributed by atoms with Crippen molar-refractivity contribution in [1.82, 2.24) is 20.1 Å². The van der Waals surface area contributed by atoms with Gasteiger partial charge in [-0.15, -0.1) is 10.2 Å². The Balaban J connectivity index is 1.64. The van der Waals surface area contributed by atoms with Crippen molar-refractivity contribution in [2.45, 2.75) is 36.9 Å². The Bertz CT molecular complexity index is 737. The van der Waals surface area contributed by atoms with E-state index in [9.17, 15) is 4.79 Å². The van der Waals surface area contributed by atoms with E-state index in [0.29, 0.717) is 11.8 Å². The van der Waals surface area contributed by atoms with E-state index in [1.165, 1.54) is 24.6 Å². The molecule has 0 aliphatic heterocycles. The fraction of sp³-hybridized carbons (Fsp3) is 0.500. The maximum absolute atomic E-state index is 12.1. The lowest BCUT2D eigenvalue weighted by Gasteiger charge is -2.13. The van der Waals surface area contributed by atoms with Crippen LogP contribution in [0, 0.1) is 0 Å². The van der Waals surface area contributed by atoms with E-state index in [4.69, 9.17) is 0 Å². The van der Waals surface area contributed by atoms with Crippen molar-refractivity contribution in [3.8, 4) is 11.4 Å². The first kappa shape index (κ1) is 17.8. The molecular formula is C18H25N5OS. The number of thioether (sulfide) groups is 1. The van der Waals surface area contributed by atoms with Gasteiger partial charge in [0, 0.05) is 38.4 Å². The topological polar surface area (TPSA) is 63.1 Å². The maximum Gasteiger partial charge on any atom is 0.230 e. The minimum Gasteiger partial charge on any atom is -0.378 e. The van der Waals surface area contributed by atoms with Crippen molar-refractivity contribution in [2.75, 3.05) is 24.7 Å². The minimum atomic E-state index is 0.0797. The molecular weight excluding hydrogens is 334 g/mol. The molecule has 1 aromatic heterocycles. The Kier molecular flexibility index (Phi) is 5.63. The van der Waals surface area contributed by atoms with Gasteiger partial charge in [0.15, 0.2) is 11.0 Å². The lowest BCUT2D eigenvalue weighted by molar-refractivity contribution is -0.119. The minimum absolute atomic E-state index is 0.0797. The van der Waals surface area contributed by atoms with Crippen LogP contribution in [0.2, 0.25) is 0 Å². The van der Waals surface area contributed by atoms with Crippen molar-refractivity contribution in [3.05, 3.63) is 24.3 Å². The summed E-state index contributed by atoms with van der Waals surface area (Å²) >= 11 is 1.43. The van der Waals surface area contributed by atoms with E-state index < -0.39 is 0 Å². The highest BCUT2D eigenvalue weighted by Crippen LogP contribution is 2.25. The second-order valence-electron chi connectivity index (χ2n) is 6.65. The SMILES string of the molecule is CN(C)c1cccc(-c2nnc(SCC(=O)NC3CCCC3)n2C)c1. The van der Waals surface area contributed by atoms with Gasteiger partial charge in [-0.2, -0.15) is 0 Å². The molecule has 0 saturated heterocycles. The number of carbonyl (C=O) groups is 1. The van der Waals surface area contributed by atoms with E-state index in [1.54, 1.807) is 0 Å². The Morgan fingerprint density at radius 2 is 2.08 bits per heavy atom. The molecule has 1 aromatic carbocycles. The summed E-state index contributed by atoms with van der Waals surface area (Å²) in [6, 6.07) is 8.55. The van der Waals surface area contributed by atoms with Crippen LogP contribution in [0.1, 0.15) is 25.7 Å². The van der Waals surface area contributed by atoms with Crippen LogP contribution in [-0.4, -0.2) is 46.6 Å². The first-order valence-corrected chi connectivity index (χ1v) is 9.62. The lowest BCUT2D eigenvalue weighted by atomic mass is 10.2. The predicted molar refractivity (Wildman–Crippen MR) is 102 cm³/mol. The highest BCUT2D eigenvalue weighted by Gasteiger charge is 2.18. The summed E-state index contributed by atoms with van der Waals surface area (Å²) < 4.78 is 1.95. The van der Waals surface area contributed by atoms with Crippen molar-refractivity contribution >= 4 is 23.4 Å². The van der Waals surface area contributed by atoms with Crippen LogP contribution in [0.15, 0.2) is 29.4 Å². The molecule has 1 fully saturated rings. The normalized spacial score (nSPS) is 14.7. The van der Waals surface area contributed by atoms with E-state index in [0.717, 1.165) is 35.1 Å². The molecule has 0 atom stereocenters. The highest BCUT2D eigenvalue weighted by molar-refractivity contribution is 7.99. The second kappa shape index (κ2) is 7.91. The second-order valence-corrected chi connectivity index (χ2v) is 7.59. The van der Waals surface area contributed by atoms with Gasteiger partial charge in [-0.05, 0) is 25.0 Å². The molecule has 1 heterocycles. The first-order chi connectivity index (χ1) is 12.0. The third-order valence-corrected chi connectivity index (χ3v) is 5.53. The number of amides is 1. The quantitative estimate of drug-likeness (QED) is 0.804. The molecule has 1 aliphatic rings. The third-order valence-electron chi connectivity index (χ3n) is 4.51. The number of nitrogens with one attached hydrogen (secondary N) is 1. The molecule has 1 aliphatic carbocycles. The van der Waals surface area contributed by atoms with E-state index in [1.807, 2.05) is 37.8 Å². The molecule has 0 unspecified atom stereocenters. The van der Waals surface area contributed by atoms with Gasteiger partial charge in [-0.3, -0.25) is 4.79 Å². The van der Waals surface area contributed by atoms with Gasteiger partial charge in [0.2, 0.25) is 5.91 Å². The van der Waals surface area contributed by atoms with Crippen LogP contribution >= 0.6 is 11.8 Å². The molecule has 6 nitrogen and oxygen atoms in total. The number of rotatable bonds is 6. The molecule has 1 N–H and O–H groups in total. The zero-order valence-corrected chi connectivity index (χ0v) is 15.8. The molecule has 3 rings (SSSR count). The standard InChI is InChI=1S/C18H25N5OS/c1-22(2)15-10-6-7-13(11-15)17-20-21-18(23(17)3)25-12-16(24)19-14-8-4-5-9-14/h6-7,10-11,14H,4-5,8-9,12H2,1-3H3,(H,19,24). The van der Waals surface area contributed by atoms with Gasteiger partial charge in [0.05, 0.1) is 5.75 Å². The number of hydrogen-bond donors (Lipinski definition) is 1. The van der Waals surface area contributed by atoms with Crippen LogP contribution in [0.5, 0.6) is 0 Å². The number of nitrogens with zero attached hydrogens (tertiary/aromatic N) is 4. The molecule has 1 saturated carbocycles. The average molecular weight is 359 g/mol. The zero-order chi connectivity index (χ0) is 17.8. The molecule has 0 bridgehead atoms.